The summed E-state index contributed by atoms with van der Waals surface area (Å²) in [5.74, 6) is -0.165. The molecule has 0 saturated heterocycles. The smallest absolute Gasteiger partial charge is 0.335 e. The van der Waals surface area contributed by atoms with Crippen LogP contribution in [0.2, 0.25) is 0 Å². The number of aliphatic hydroxyl groups excluding tert-OH is 2. The van der Waals surface area contributed by atoms with Gasteiger partial charge in [0.15, 0.2) is 6.10 Å². The van der Waals surface area contributed by atoms with Crippen molar-refractivity contribution in [1.82, 2.24) is 9.97 Å². The summed E-state index contributed by atoms with van der Waals surface area (Å²) in [5, 5.41) is 17.8. The molecule has 0 radical (unpaired) electrons. The van der Waals surface area contributed by atoms with Gasteiger partial charge >= 0.3 is 5.97 Å². The topological polar surface area (TPSA) is 95.4 Å². The first-order valence-electron chi connectivity index (χ1n) is 4.68. The van der Waals surface area contributed by atoms with Crippen molar-refractivity contribution in [2.24, 2.45) is 0 Å². The Morgan fingerprint density at radius 2 is 2.47 bits per heavy atom. The van der Waals surface area contributed by atoms with Gasteiger partial charge in [0, 0.05) is 31.8 Å². The summed E-state index contributed by atoms with van der Waals surface area (Å²) in [7, 11) is 0. The van der Waals surface area contributed by atoms with Gasteiger partial charge in [-0.1, -0.05) is 0 Å². The molecule has 1 aromatic rings. The fourth-order valence-corrected chi connectivity index (χ4v) is 1.01. The van der Waals surface area contributed by atoms with Gasteiger partial charge in [0.1, 0.15) is 5.82 Å². The van der Waals surface area contributed by atoms with Crippen molar-refractivity contribution in [2.75, 3.05) is 13.2 Å². The van der Waals surface area contributed by atoms with Crippen molar-refractivity contribution in [2.45, 2.75) is 18.9 Å². The monoisotopic (exact) mass is 214 g/mol. The van der Waals surface area contributed by atoms with Crippen molar-refractivity contribution < 1.29 is 19.7 Å². The molecular formula is C9H14N2O4. The zero-order chi connectivity index (χ0) is 11.1. The van der Waals surface area contributed by atoms with Crippen molar-refractivity contribution >= 4 is 5.97 Å². The molecule has 1 aromatic heterocycles. The summed E-state index contributed by atoms with van der Waals surface area (Å²) >= 11 is 0. The van der Waals surface area contributed by atoms with Crippen LogP contribution in [0.3, 0.4) is 0 Å². The highest BCUT2D eigenvalue weighted by Crippen LogP contribution is 1.99. The highest BCUT2D eigenvalue weighted by Gasteiger charge is 2.17. The molecule has 1 heterocycles. The summed E-state index contributed by atoms with van der Waals surface area (Å²) in [6, 6.07) is 0. The average molecular weight is 214 g/mol. The highest BCUT2D eigenvalue weighted by molar-refractivity contribution is 5.74. The number of aromatic amines is 1. The molecule has 3 N–H and O–H groups in total. The van der Waals surface area contributed by atoms with Crippen LogP contribution in [0, 0.1) is 0 Å². The van der Waals surface area contributed by atoms with E-state index in [0.717, 1.165) is 0 Å². The number of nitrogens with zero attached hydrogens (tertiary/aromatic N) is 1. The molecule has 6 nitrogen and oxygen atoms in total. The third-order valence-corrected chi connectivity index (χ3v) is 1.76. The number of imidazole rings is 1. The number of aromatic nitrogens is 2. The number of H-pyrrole nitrogens is 1. The first kappa shape index (κ1) is 11.7. The Hall–Kier alpha value is -1.40. The number of esters is 1. The van der Waals surface area contributed by atoms with Gasteiger partial charge < -0.3 is 19.9 Å². The van der Waals surface area contributed by atoms with Crippen LogP contribution in [0.5, 0.6) is 0 Å². The van der Waals surface area contributed by atoms with Crippen LogP contribution in [-0.2, 0) is 16.0 Å². The summed E-state index contributed by atoms with van der Waals surface area (Å²) in [5.41, 5.74) is 0. The first-order chi connectivity index (χ1) is 7.24. The number of carbonyl (C=O) groups excluding carboxylic acids is 1. The van der Waals surface area contributed by atoms with E-state index in [-0.39, 0.29) is 19.6 Å². The number of hydrogen-bond donors (Lipinski definition) is 3. The molecule has 1 unspecified atom stereocenters. The number of aliphatic hydroxyl groups is 2. The number of hydrogen-bond acceptors (Lipinski definition) is 5. The lowest BCUT2D eigenvalue weighted by atomic mass is 10.2. The normalized spacial score (nSPS) is 12.4. The minimum atomic E-state index is -1.21. The van der Waals surface area contributed by atoms with Crippen molar-refractivity contribution in [3.8, 4) is 0 Å². The van der Waals surface area contributed by atoms with Gasteiger partial charge in [-0.25, -0.2) is 9.78 Å². The molecule has 0 amide bonds. The van der Waals surface area contributed by atoms with Gasteiger partial charge in [-0.15, -0.1) is 0 Å². The predicted octanol–water partition coefficient (Wildman–Crippen LogP) is -0.761. The van der Waals surface area contributed by atoms with E-state index >= 15 is 0 Å². The van der Waals surface area contributed by atoms with E-state index in [1.165, 1.54) is 0 Å². The lowest BCUT2D eigenvalue weighted by molar-refractivity contribution is -0.153. The number of ether oxygens (including phenoxy) is 1. The van der Waals surface area contributed by atoms with Gasteiger partial charge in [-0.2, -0.15) is 0 Å². The number of rotatable bonds is 6. The van der Waals surface area contributed by atoms with Gasteiger partial charge in [-0.05, 0) is 0 Å². The Bertz CT molecular complexity index is 286. The van der Waals surface area contributed by atoms with E-state index in [0.29, 0.717) is 12.2 Å². The third-order valence-electron chi connectivity index (χ3n) is 1.76. The van der Waals surface area contributed by atoms with E-state index in [2.05, 4.69) is 9.97 Å². The maximum atomic E-state index is 11.1. The largest absolute Gasteiger partial charge is 0.464 e. The van der Waals surface area contributed by atoms with Gasteiger partial charge in [0.25, 0.3) is 0 Å². The van der Waals surface area contributed by atoms with Crippen LogP contribution >= 0.6 is 0 Å². The van der Waals surface area contributed by atoms with Gasteiger partial charge in [0.05, 0.1) is 6.61 Å². The molecule has 1 rings (SSSR count). The van der Waals surface area contributed by atoms with E-state index in [9.17, 15) is 9.90 Å². The molecular weight excluding hydrogens is 200 g/mol. The zero-order valence-electron chi connectivity index (χ0n) is 8.22. The van der Waals surface area contributed by atoms with Crippen LogP contribution in [-0.4, -0.2) is 45.5 Å². The Morgan fingerprint density at radius 1 is 1.67 bits per heavy atom. The van der Waals surface area contributed by atoms with Gasteiger partial charge in [0.2, 0.25) is 0 Å². The number of carbonyl (C=O) groups is 1. The molecule has 0 bridgehead atoms. The quantitative estimate of drug-likeness (QED) is 0.427. The van der Waals surface area contributed by atoms with E-state index in [4.69, 9.17) is 9.84 Å². The van der Waals surface area contributed by atoms with Crippen LogP contribution in [0.1, 0.15) is 12.2 Å². The van der Waals surface area contributed by atoms with Crippen LogP contribution in [0.4, 0.5) is 0 Å². The zero-order valence-corrected chi connectivity index (χ0v) is 8.22. The Labute approximate surface area is 86.9 Å². The maximum Gasteiger partial charge on any atom is 0.335 e. The summed E-state index contributed by atoms with van der Waals surface area (Å²) in [4.78, 5) is 17.8. The second kappa shape index (κ2) is 6.15. The minimum Gasteiger partial charge on any atom is -0.464 e. The lowest BCUT2D eigenvalue weighted by Crippen LogP contribution is -2.26. The second-order valence-electron chi connectivity index (χ2n) is 3.00. The molecule has 0 aliphatic rings. The minimum absolute atomic E-state index is 0.0401. The van der Waals surface area contributed by atoms with Crippen LogP contribution in [0.15, 0.2) is 12.4 Å². The standard InChI is InChI=1S/C9H14N2O4/c12-4-1-5-15-9(14)7(13)6-8-10-2-3-11-8/h2-3,7,12-13H,1,4-6H2,(H,10,11). The maximum absolute atomic E-state index is 11.1. The van der Waals surface area contributed by atoms with Crippen LogP contribution in [0.25, 0.3) is 0 Å². The van der Waals surface area contributed by atoms with E-state index in [1.54, 1.807) is 12.4 Å². The van der Waals surface area contributed by atoms with E-state index < -0.39 is 12.1 Å². The molecule has 0 spiro atoms. The fourth-order valence-electron chi connectivity index (χ4n) is 1.01. The summed E-state index contributed by atoms with van der Waals surface area (Å²) < 4.78 is 4.70. The van der Waals surface area contributed by atoms with Gasteiger partial charge in [-0.3, -0.25) is 0 Å². The van der Waals surface area contributed by atoms with Crippen molar-refractivity contribution in [1.29, 1.82) is 0 Å². The Balaban J connectivity index is 2.27. The third kappa shape index (κ3) is 4.09. The SMILES string of the molecule is O=C(OCCCO)C(O)Cc1ncc[nH]1. The molecule has 0 aliphatic carbocycles. The average Bonchev–Trinajstić information content (AvgIpc) is 2.70. The summed E-state index contributed by atoms with van der Waals surface area (Å²) in [6.07, 6.45) is 2.41. The van der Waals surface area contributed by atoms with Crippen LogP contribution < -0.4 is 0 Å². The fraction of sp³-hybridized carbons (Fsp3) is 0.556. The second-order valence-corrected chi connectivity index (χ2v) is 3.00. The molecule has 84 valence electrons. The first-order valence-corrected chi connectivity index (χ1v) is 4.68. The van der Waals surface area contributed by atoms with E-state index in [1.807, 2.05) is 0 Å². The Kier molecular flexibility index (Phi) is 4.79. The molecule has 0 saturated carbocycles. The molecule has 0 aromatic carbocycles. The molecule has 0 aliphatic heterocycles. The lowest BCUT2D eigenvalue weighted by Gasteiger charge is -2.08. The highest BCUT2D eigenvalue weighted by atomic mass is 16.5. The van der Waals surface area contributed by atoms with Crippen molar-refractivity contribution in [3.05, 3.63) is 18.2 Å². The molecule has 0 fully saturated rings. The molecule has 6 heteroatoms. The predicted molar refractivity (Wildman–Crippen MR) is 51.0 cm³/mol. The van der Waals surface area contributed by atoms with Crippen molar-refractivity contribution in [3.63, 3.8) is 0 Å². The number of nitrogens with one attached hydrogen (secondary N) is 1. The summed E-state index contributed by atoms with van der Waals surface area (Å²) in [6.45, 7) is 0.0755. The molecule has 1 atom stereocenters. The Morgan fingerprint density at radius 3 is 3.07 bits per heavy atom. The molecule has 15 heavy (non-hydrogen) atoms.